The Labute approximate surface area is 64.2 Å². The Hall–Kier alpha value is -0.0400. The van der Waals surface area contributed by atoms with E-state index in [1.54, 1.807) is 0 Å². The SMILES string of the molecule is CCCC[C@H](C)NC1CC1. The summed E-state index contributed by atoms with van der Waals surface area (Å²) >= 11 is 0. The van der Waals surface area contributed by atoms with Crippen LogP contribution in [-0.2, 0) is 0 Å². The molecule has 0 saturated heterocycles. The molecule has 1 rings (SSSR count). The maximum atomic E-state index is 3.59. The molecular weight excluding hydrogens is 122 g/mol. The fraction of sp³-hybridized carbons (Fsp3) is 1.00. The molecule has 0 amide bonds. The molecule has 0 aromatic heterocycles. The monoisotopic (exact) mass is 141 g/mol. The molecule has 1 aliphatic carbocycles. The van der Waals surface area contributed by atoms with E-state index < -0.39 is 0 Å². The van der Waals surface area contributed by atoms with Crippen molar-refractivity contribution < 1.29 is 0 Å². The highest BCUT2D eigenvalue weighted by molar-refractivity contribution is 4.83. The molecule has 1 N–H and O–H groups in total. The molecule has 1 atom stereocenters. The minimum absolute atomic E-state index is 0.757. The first kappa shape index (κ1) is 8.06. The van der Waals surface area contributed by atoms with E-state index in [2.05, 4.69) is 19.2 Å². The van der Waals surface area contributed by atoms with Crippen LogP contribution in [0.2, 0.25) is 0 Å². The van der Waals surface area contributed by atoms with Crippen molar-refractivity contribution in [1.82, 2.24) is 5.32 Å². The normalized spacial score (nSPS) is 21.0. The van der Waals surface area contributed by atoms with Crippen molar-refractivity contribution in [2.24, 2.45) is 0 Å². The van der Waals surface area contributed by atoms with E-state index in [9.17, 15) is 0 Å². The van der Waals surface area contributed by atoms with Gasteiger partial charge in [0.2, 0.25) is 0 Å². The lowest BCUT2D eigenvalue weighted by Crippen LogP contribution is -2.27. The molecule has 1 fully saturated rings. The Morgan fingerprint density at radius 2 is 2.20 bits per heavy atom. The van der Waals surface area contributed by atoms with Gasteiger partial charge in [-0.1, -0.05) is 19.8 Å². The summed E-state index contributed by atoms with van der Waals surface area (Å²) < 4.78 is 0. The molecule has 0 bridgehead atoms. The summed E-state index contributed by atoms with van der Waals surface area (Å²) in [5.41, 5.74) is 0. The molecule has 0 heterocycles. The highest BCUT2D eigenvalue weighted by atomic mass is 15.0. The molecule has 10 heavy (non-hydrogen) atoms. The second-order valence-electron chi connectivity index (χ2n) is 3.48. The molecule has 1 aliphatic rings. The highest BCUT2D eigenvalue weighted by Crippen LogP contribution is 2.20. The molecule has 0 radical (unpaired) electrons. The lowest BCUT2D eigenvalue weighted by molar-refractivity contribution is 0.493. The van der Waals surface area contributed by atoms with Gasteiger partial charge in [0.1, 0.15) is 0 Å². The Morgan fingerprint density at radius 3 is 2.70 bits per heavy atom. The van der Waals surface area contributed by atoms with Crippen molar-refractivity contribution in [3.8, 4) is 0 Å². The number of hydrogen-bond donors (Lipinski definition) is 1. The largest absolute Gasteiger partial charge is 0.312 e. The molecule has 0 aromatic carbocycles. The zero-order valence-corrected chi connectivity index (χ0v) is 7.19. The summed E-state index contributed by atoms with van der Waals surface area (Å²) in [7, 11) is 0. The van der Waals surface area contributed by atoms with Gasteiger partial charge >= 0.3 is 0 Å². The van der Waals surface area contributed by atoms with Crippen molar-refractivity contribution in [3.05, 3.63) is 0 Å². The van der Waals surface area contributed by atoms with Gasteiger partial charge in [-0.25, -0.2) is 0 Å². The van der Waals surface area contributed by atoms with E-state index in [1.165, 1.54) is 32.1 Å². The first-order valence-electron chi connectivity index (χ1n) is 4.59. The Balaban J connectivity index is 1.91. The third-order valence-corrected chi connectivity index (χ3v) is 2.09. The van der Waals surface area contributed by atoms with Gasteiger partial charge in [0.05, 0.1) is 0 Å². The van der Waals surface area contributed by atoms with Crippen LogP contribution in [0.4, 0.5) is 0 Å². The predicted octanol–water partition coefficient (Wildman–Crippen LogP) is 2.32. The topological polar surface area (TPSA) is 12.0 Å². The molecule has 0 aromatic rings. The highest BCUT2D eigenvalue weighted by Gasteiger charge is 2.21. The average molecular weight is 141 g/mol. The summed E-state index contributed by atoms with van der Waals surface area (Å²) in [6, 6.07) is 1.64. The van der Waals surface area contributed by atoms with Crippen LogP contribution in [0, 0.1) is 0 Å². The number of hydrogen-bond acceptors (Lipinski definition) is 1. The second-order valence-corrected chi connectivity index (χ2v) is 3.48. The van der Waals surface area contributed by atoms with Crippen LogP contribution >= 0.6 is 0 Å². The summed E-state index contributed by atoms with van der Waals surface area (Å²) in [6.45, 7) is 4.55. The van der Waals surface area contributed by atoms with Crippen LogP contribution in [-0.4, -0.2) is 12.1 Å². The van der Waals surface area contributed by atoms with Crippen molar-refractivity contribution >= 4 is 0 Å². The van der Waals surface area contributed by atoms with Crippen LogP contribution in [0.25, 0.3) is 0 Å². The fourth-order valence-corrected chi connectivity index (χ4v) is 1.25. The number of nitrogens with one attached hydrogen (secondary N) is 1. The summed E-state index contributed by atoms with van der Waals surface area (Å²) in [5, 5.41) is 3.59. The van der Waals surface area contributed by atoms with Crippen LogP contribution < -0.4 is 5.32 Å². The van der Waals surface area contributed by atoms with Crippen molar-refractivity contribution in [1.29, 1.82) is 0 Å². The summed E-state index contributed by atoms with van der Waals surface area (Å²) in [5.74, 6) is 0. The van der Waals surface area contributed by atoms with E-state index >= 15 is 0 Å². The summed E-state index contributed by atoms with van der Waals surface area (Å²) in [4.78, 5) is 0. The molecule has 0 spiro atoms. The van der Waals surface area contributed by atoms with Gasteiger partial charge in [0.15, 0.2) is 0 Å². The third kappa shape index (κ3) is 3.21. The van der Waals surface area contributed by atoms with Gasteiger partial charge in [0, 0.05) is 12.1 Å². The Morgan fingerprint density at radius 1 is 1.50 bits per heavy atom. The van der Waals surface area contributed by atoms with Crippen molar-refractivity contribution in [2.75, 3.05) is 0 Å². The number of unbranched alkanes of at least 4 members (excludes halogenated alkanes) is 1. The van der Waals surface area contributed by atoms with E-state index in [0.29, 0.717) is 0 Å². The number of rotatable bonds is 5. The molecular formula is C9H19N. The molecule has 1 nitrogen and oxygen atoms in total. The molecule has 0 unspecified atom stereocenters. The quantitative estimate of drug-likeness (QED) is 0.619. The second kappa shape index (κ2) is 3.97. The predicted molar refractivity (Wildman–Crippen MR) is 45.1 cm³/mol. The van der Waals surface area contributed by atoms with Gasteiger partial charge < -0.3 is 5.32 Å². The maximum Gasteiger partial charge on any atom is 0.00706 e. The van der Waals surface area contributed by atoms with E-state index in [4.69, 9.17) is 0 Å². The minimum atomic E-state index is 0.757. The van der Waals surface area contributed by atoms with Gasteiger partial charge in [-0.05, 0) is 26.2 Å². The van der Waals surface area contributed by atoms with Crippen LogP contribution in [0.5, 0.6) is 0 Å². The fourth-order valence-electron chi connectivity index (χ4n) is 1.25. The van der Waals surface area contributed by atoms with Gasteiger partial charge in [-0.2, -0.15) is 0 Å². The standard InChI is InChI=1S/C9H19N/c1-3-4-5-8(2)10-9-6-7-9/h8-10H,3-7H2,1-2H3/t8-/m0/s1. The van der Waals surface area contributed by atoms with Crippen LogP contribution in [0.3, 0.4) is 0 Å². The van der Waals surface area contributed by atoms with Crippen LogP contribution in [0.1, 0.15) is 46.0 Å². The van der Waals surface area contributed by atoms with E-state index in [0.717, 1.165) is 12.1 Å². The van der Waals surface area contributed by atoms with E-state index in [-0.39, 0.29) is 0 Å². The minimum Gasteiger partial charge on any atom is -0.312 e. The van der Waals surface area contributed by atoms with Crippen molar-refractivity contribution in [3.63, 3.8) is 0 Å². The first-order chi connectivity index (χ1) is 4.83. The smallest absolute Gasteiger partial charge is 0.00706 e. The average Bonchev–Trinajstić information content (AvgIpc) is 2.67. The zero-order chi connectivity index (χ0) is 7.40. The lowest BCUT2D eigenvalue weighted by atomic mass is 10.1. The Bertz CT molecular complexity index is 86.7. The molecule has 1 saturated carbocycles. The Kier molecular flexibility index (Phi) is 3.20. The summed E-state index contributed by atoms with van der Waals surface area (Å²) in [6.07, 6.45) is 6.89. The first-order valence-corrected chi connectivity index (χ1v) is 4.59. The zero-order valence-electron chi connectivity index (χ0n) is 7.19. The maximum absolute atomic E-state index is 3.59. The van der Waals surface area contributed by atoms with Crippen LogP contribution in [0.15, 0.2) is 0 Å². The van der Waals surface area contributed by atoms with Gasteiger partial charge in [0.25, 0.3) is 0 Å². The molecule has 1 heteroatoms. The molecule has 0 aliphatic heterocycles. The van der Waals surface area contributed by atoms with E-state index in [1.807, 2.05) is 0 Å². The molecule has 60 valence electrons. The van der Waals surface area contributed by atoms with Gasteiger partial charge in [-0.3, -0.25) is 0 Å². The van der Waals surface area contributed by atoms with Gasteiger partial charge in [-0.15, -0.1) is 0 Å². The van der Waals surface area contributed by atoms with Crippen molar-refractivity contribution in [2.45, 2.75) is 58.0 Å². The lowest BCUT2D eigenvalue weighted by Gasteiger charge is -2.11. The third-order valence-electron chi connectivity index (χ3n) is 2.09.